The zero-order valence-electron chi connectivity index (χ0n) is 11.8. The Morgan fingerprint density at radius 3 is 2.24 bits per heavy atom. The van der Waals surface area contributed by atoms with E-state index in [0.717, 1.165) is 12.5 Å². The topological polar surface area (TPSA) is 12.0 Å². The van der Waals surface area contributed by atoms with Crippen molar-refractivity contribution in [3.8, 4) is 0 Å². The highest BCUT2D eigenvalue weighted by molar-refractivity contribution is 5.51. The summed E-state index contributed by atoms with van der Waals surface area (Å²) >= 11 is 0. The molecule has 1 N–H and O–H groups in total. The minimum Gasteiger partial charge on any atom is -0.385 e. The Hall–Kier alpha value is -0.980. The van der Waals surface area contributed by atoms with Crippen LogP contribution in [0.5, 0.6) is 0 Å². The van der Waals surface area contributed by atoms with Gasteiger partial charge in [-0.25, -0.2) is 0 Å². The van der Waals surface area contributed by atoms with Crippen molar-refractivity contribution in [2.24, 2.45) is 5.92 Å². The molecule has 0 radical (unpaired) electrons. The summed E-state index contributed by atoms with van der Waals surface area (Å²) in [6, 6.07) is 6.64. The maximum atomic E-state index is 3.61. The van der Waals surface area contributed by atoms with Gasteiger partial charge in [-0.3, -0.25) is 0 Å². The van der Waals surface area contributed by atoms with Crippen LogP contribution in [0.15, 0.2) is 18.2 Å². The normalized spacial score (nSPS) is 10.9. The lowest BCUT2D eigenvalue weighted by Gasteiger charge is -2.18. The lowest BCUT2D eigenvalue weighted by molar-refractivity contribution is 0.461. The molecule has 0 aliphatic carbocycles. The quantitative estimate of drug-likeness (QED) is 0.704. The van der Waals surface area contributed by atoms with E-state index in [1.165, 1.54) is 42.5 Å². The fourth-order valence-electron chi connectivity index (χ4n) is 2.43. The van der Waals surface area contributed by atoms with Crippen molar-refractivity contribution >= 4 is 5.69 Å². The monoisotopic (exact) mass is 233 g/mol. The second-order valence-corrected chi connectivity index (χ2v) is 5.14. The zero-order chi connectivity index (χ0) is 12.7. The molecule has 1 heteroatoms. The van der Waals surface area contributed by atoms with Crippen molar-refractivity contribution in [2.45, 2.75) is 53.4 Å². The van der Waals surface area contributed by atoms with Gasteiger partial charge >= 0.3 is 0 Å². The number of benzene rings is 1. The molecule has 0 aliphatic heterocycles. The summed E-state index contributed by atoms with van der Waals surface area (Å²) in [5.74, 6) is 0.825. The van der Waals surface area contributed by atoms with E-state index < -0.39 is 0 Å². The molecule has 1 rings (SSSR count). The Morgan fingerprint density at radius 1 is 1.06 bits per heavy atom. The fraction of sp³-hybridized carbons (Fsp3) is 0.625. The molecule has 0 unspecified atom stereocenters. The number of rotatable bonds is 7. The summed E-state index contributed by atoms with van der Waals surface area (Å²) in [6.45, 7) is 10.0. The average Bonchev–Trinajstić information content (AvgIpc) is 2.28. The number of hydrogen-bond donors (Lipinski definition) is 1. The smallest absolute Gasteiger partial charge is 0.0370 e. The van der Waals surface area contributed by atoms with Crippen molar-refractivity contribution in [3.05, 3.63) is 29.3 Å². The zero-order valence-corrected chi connectivity index (χ0v) is 11.8. The molecule has 0 amide bonds. The standard InChI is InChI=1S/C16H27N/c1-5-7-15(8-6-2)12-17-16-10-9-13(3)11-14(16)4/h9-11,15,17H,5-8,12H2,1-4H3. The van der Waals surface area contributed by atoms with E-state index in [4.69, 9.17) is 0 Å². The van der Waals surface area contributed by atoms with E-state index in [0.29, 0.717) is 0 Å². The van der Waals surface area contributed by atoms with Crippen LogP contribution in [0.25, 0.3) is 0 Å². The molecule has 0 bridgehead atoms. The van der Waals surface area contributed by atoms with Gasteiger partial charge in [0.25, 0.3) is 0 Å². The van der Waals surface area contributed by atoms with Gasteiger partial charge in [-0.1, -0.05) is 44.4 Å². The van der Waals surface area contributed by atoms with E-state index in [1.807, 2.05) is 0 Å². The van der Waals surface area contributed by atoms with Crippen molar-refractivity contribution < 1.29 is 0 Å². The molecule has 0 aromatic heterocycles. The third-order valence-electron chi connectivity index (χ3n) is 3.36. The van der Waals surface area contributed by atoms with Gasteiger partial charge in [-0.05, 0) is 44.2 Å². The molecule has 1 aromatic carbocycles. The molecule has 0 saturated carbocycles. The first kappa shape index (κ1) is 14.1. The molecule has 1 nitrogen and oxygen atoms in total. The van der Waals surface area contributed by atoms with E-state index in [-0.39, 0.29) is 0 Å². The minimum absolute atomic E-state index is 0.825. The Bertz CT molecular complexity index is 324. The van der Waals surface area contributed by atoms with Crippen LogP contribution in [0.1, 0.15) is 50.7 Å². The SMILES string of the molecule is CCCC(CCC)CNc1ccc(C)cc1C. The average molecular weight is 233 g/mol. The highest BCUT2D eigenvalue weighted by Gasteiger charge is 2.07. The predicted molar refractivity (Wildman–Crippen MR) is 77.7 cm³/mol. The van der Waals surface area contributed by atoms with Gasteiger partial charge < -0.3 is 5.32 Å². The number of hydrogen-bond acceptors (Lipinski definition) is 1. The Labute approximate surface area is 107 Å². The second-order valence-electron chi connectivity index (χ2n) is 5.14. The third kappa shape index (κ3) is 4.80. The second kappa shape index (κ2) is 7.37. The molecule has 0 saturated heterocycles. The van der Waals surface area contributed by atoms with Crippen LogP contribution in [0.2, 0.25) is 0 Å². The fourth-order valence-corrected chi connectivity index (χ4v) is 2.43. The van der Waals surface area contributed by atoms with Gasteiger partial charge in [0, 0.05) is 12.2 Å². The van der Waals surface area contributed by atoms with Crippen molar-refractivity contribution in [1.29, 1.82) is 0 Å². The summed E-state index contributed by atoms with van der Waals surface area (Å²) in [7, 11) is 0. The molecule has 0 spiro atoms. The summed E-state index contributed by atoms with van der Waals surface area (Å²) in [5, 5.41) is 3.61. The van der Waals surface area contributed by atoms with E-state index in [2.05, 4.69) is 51.2 Å². The van der Waals surface area contributed by atoms with Gasteiger partial charge in [-0.15, -0.1) is 0 Å². The Kier molecular flexibility index (Phi) is 6.10. The Balaban J connectivity index is 2.52. The first-order valence-corrected chi connectivity index (χ1v) is 6.98. The maximum Gasteiger partial charge on any atom is 0.0370 e. The number of aryl methyl sites for hydroxylation is 2. The molecule has 0 fully saturated rings. The molecular weight excluding hydrogens is 206 g/mol. The van der Waals surface area contributed by atoms with Crippen molar-refractivity contribution in [2.75, 3.05) is 11.9 Å². The highest BCUT2D eigenvalue weighted by Crippen LogP contribution is 2.19. The van der Waals surface area contributed by atoms with E-state index in [1.54, 1.807) is 0 Å². The van der Waals surface area contributed by atoms with Gasteiger partial charge in [-0.2, -0.15) is 0 Å². The largest absolute Gasteiger partial charge is 0.385 e. The molecule has 17 heavy (non-hydrogen) atoms. The van der Waals surface area contributed by atoms with Gasteiger partial charge in [0.05, 0.1) is 0 Å². The van der Waals surface area contributed by atoms with Crippen LogP contribution in [-0.2, 0) is 0 Å². The van der Waals surface area contributed by atoms with Crippen LogP contribution in [0.4, 0.5) is 5.69 Å². The maximum absolute atomic E-state index is 3.61. The van der Waals surface area contributed by atoms with Gasteiger partial charge in [0.15, 0.2) is 0 Å². The molecule has 0 atom stereocenters. The molecule has 0 heterocycles. The molecule has 1 aromatic rings. The minimum atomic E-state index is 0.825. The first-order valence-electron chi connectivity index (χ1n) is 6.98. The lowest BCUT2D eigenvalue weighted by Crippen LogP contribution is -2.14. The van der Waals surface area contributed by atoms with Crippen LogP contribution in [-0.4, -0.2) is 6.54 Å². The summed E-state index contributed by atoms with van der Waals surface area (Å²) in [5.41, 5.74) is 4.00. The molecule has 0 aliphatic rings. The summed E-state index contributed by atoms with van der Waals surface area (Å²) in [6.07, 6.45) is 5.26. The van der Waals surface area contributed by atoms with E-state index >= 15 is 0 Å². The lowest BCUT2D eigenvalue weighted by atomic mass is 9.98. The predicted octanol–water partition coefficient (Wildman–Crippen LogP) is 4.93. The molecule has 96 valence electrons. The van der Waals surface area contributed by atoms with Crippen LogP contribution < -0.4 is 5.32 Å². The third-order valence-corrected chi connectivity index (χ3v) is 3.36. The van der Waals surface area contributed by atoms with Crippen LogP contribution in [0.3, 0.4) is 0 Å². The van der Waals surface area contributed by atoms with Crippen LogP contribution in [0, 0.1) is 19.8 Å². The van der Waals surface area contributed by atoms with Gasteiger partial charge in [0.2, 0.25) is 0 Å². The summed E-state index contributed by atoms with van der Waals surface area (Å²) < 4.78 is 0. The Morgan fingerprint density at radius 2 is 1.71 bits per heavy atom. The van der Waals surface area contributed by atoms with Gasteiger partial charge in [0.1, 0.15) is 0 Å². The molecular formula is C16H27N. The summed E-state index contributed by atoms with van der Waals surface area (Å²) in [4.78, 5) is 0. The van der Waals surface area contributed by atoms with Crippen molar-refractivity contribution in [3.63, 3.8) is 0 Å². The first-order chi connectivity index (χ1) is 8.17. The number of anilines is 1. The van der Waals surface area contributed by atoms with Crippen molar-refractivity contribution in [1.82, 2.24) is 0 Å². The van der Waals surface area contributed by atoms with Crippen LogP contribution >= 0.6 is 0 Å². The van der Waals surface area contributed by atoms with E-state index in [9.17, 15) is 0 Å². The number of nitrogens with one attached hydrogen (secondary N) is 1. The highest BCUT2D eigenvalue weighted by atomic mass is 14.9.